The van der Waals surface area contributed by atoms with Gasteiger partial charge in [-0.2, -0.15) is 4.80 Å². The molecule has 5 nitrogen and oxygen atoms in total. The molecule has 0 amide bonds. The summed E-state index contributed by atoms with van der Waals surface area (Å²) in [7, 11) is 0. The molecule has 0 bridgehead atoms. The van der Waals surface area contributed by atoms with E-state index < -0.39 is 6.04 Å². The molecule has 0 unspecified atom stereocenters. The number of benzene rings is 1. The van der Waals surface area contributed by atoms with Gasteiger partial charge < -0.3 is 0 Å². The molecule has 0 saturated heterocycles. The zero-order valence-corrected chi connectivity index (χ0v) is 10.2. The van der Waals surface area contributed by atoms with Crippen LogP contribution in [0.2, 0.25) is 5.02 Å². The standard InChI is InChI=1S/C11H11ClN4O/c1-7(8(2)17)16-14-11(13-15-16)9-3-5-10(12)6-4-9/h3-7H,1-2H3/t7-/m1/s1. The summed E-state index contributed by atoms with van der Waals surface area (Å²) in [5.74, 6) is 0.472. The Hall–Kier alpha value is -1.75. The molecule has 0 saturated carbocycles. The molecule has 6 heteroatoms. The predicted molar refractivity (Wildman–Crippen MR) is 63.7 cm³/mol. The molecule has 0 aliphatic carbocycles. The van der Waals surface area contributed by atoms with E-state index in [0.717, 1.165) is 5.56 Å². The lowest BCUT2D eigenvalue weighted by atomic mass is 10.2. The zero-order chi connectivity index (χ0) is 12.4. The number of hydrogen-bond acceptors (Lipinski definition) is 4. The van der Waals surface area contributed by atoms with E-state index in [-0.39, 0.29) is 5.78 Å². The number of Topliss-reactive ketones (excluding diaryl/α,β-unsaturated/α-hetero) is 1. The molecule has 1 atom stereocenters. The number of halogens is 1. The second-order valence-corrected chi connectivity index (χ2v) is 4.16. The van der Waals surface area contributed by atoms with Crippen LogP contribution in [0.25, 0.3) is 11.4 Å². The zero-order valence-electron chi connectivity index (χ0n) is 9.46. The SMILES string of the molecule is CC(=O)[C@@H](C)n1nnc(-c2ccc(Cl)cc2)n1. The van der Waals surface area contributed by atoms with Crippen LogP contribution >= 0.6 is 11.6 Å². The van der Waals surface area contributed by atoms with Crippen LogP contribution in [0.5, 0.6) is 0 Å². The van der Waals surface area contributed by atoms with Gasteiger partial charge in [0.15, 0.2) is 5.78 Å². The number of carbonyl (C=O) groups is 1. The van der Waals surface area contributed by atoms with Crippen LogP contribution in [-0.2, 0) is 4.79 Å². The highest BCUT2D eigenvalue weighted by Crippen LogP contribution is 2.17. The monoisotopic (exact) mass is 250 g/mol. The number of aromatic nitrogens is 4. The molecule has 0 fully saturated rings. The lowest BCUT2D eigenvalue weighted by Crippen LogP contribution is -2.16. The maximum Gasteiger partial charge on any atom is 0.204 e. The summed E-state index contributed by atoms with van der Waals surface area (Å²) in [6, 6.07) is 6.73. The van der Waals surface area contributed by atoms with Crippen molar-refractivity contribution in [2.24, 2.45) is 0 Å². The van der Waals surface area contributed by atoms with Crippen molar-refractivity contribution < 1.29 is 4.79 Å². The smallest absolute Gasteiger partial charge is 0.204 e. The van der Waals surface area contributed by atoms with E-state index in [4.69, 9.17) is 11.6 Å². The molecule has 1 aromatic carbocycles. The van der Waals surface area contributed by atoms with Crippen LogP contribution in [0.3, 0.4) is 0 Å². The van der Waals surface area contributed by atoms with Crippen molar-refractivity contribution in [3.63, 3.8) is 0 Å². The van der Waals surface area contributed by atoms with Crippen LogP contribution in [0.1, 0.15) is 19.9 Å². The number of hydrogen-bond donors (Lipinski definition) is 0. The fourth-order valence-corrected chi connectivity index (χ4v) is 1.39. The van der Waals surface area contributed by atoms with Gasteiger partial charge in [-0.05, 0) is 43.3 Å². The summed E-state index contributed by atoms with van der Waals surface area (Å²) >= 11 is 5.79. The Morgan fingerprint density at radius 2 is 2.00 bits per heavy atom. The minimum Gasteiger partial charge on any atom is -0.298 e. The first kappa shape index (κ1) is 11.7. The van der Waals surface area contributed by atoms with Crippen LogP contribution < -0.4 is 0 Å². The quantitative estimate of drug-likeness (QED) is 0.837. The third-order valence-corrected chi connectivity index (χ3v) is 2.72. The van der Waals surface area contributed by atoms with E-state index in [1.54, 1.807) is 19.1 Å². The second-order valence-electron chi connectivity index (χ2n) is 3.73. The largest absolute Gasteiger partial charge is 0.298 e. The van der Waals surface area contributed by atoms with Crippen molar-refractivity contribution in [3.8, 4) is 11.4 Å². The van der Waals surface area contributed by atoms with Crippen LogP contribution in [0.15, 0.2) is 24.3 Å². The Kier molecular flexibility index (Phi) is 3.19. The third kappa shape index (κ3) is 2.50. The first-order chi connectivity index (χ1) is 8.08. The second kappa shape index (κ2) is 4.63. The topological polar surface area (TPSA) is 60.7 Å². The van der Waals surface area contributed by atoms with Crippen molar-refractivity contribution >= 4 is 17.4 Å². The molecule has 1 heterocycles. The third-order valence-electron chi connectivity index (χ3n) is 2.47. The average molecular weight is 251 g/mol. The van der Waals surface area contributed by atoms with E-state index in [0.29, 0.717) is 10.8 Å². The first-order valence-electron chi connectivity index (χ1n) is 5.14. The minimum atomic E-state index is -0.399. The molecular weight excluding hydrogens is 240 g/mol. The number of rotatable bonds is 3. The van der Waals surface area contributed by atoms with Crippen molar-refractivity contribution in [3.05, 3.63) is 29.3 Å². The van der Waals surface area contributed by atoms with E-state index in [9.17, 15) is 4.79 Å². The highest BCUT2D eigenvalue weighted by molar-refractivity contribution is 6.30. The molecule has 0 N–H and O–H groups in total. The van der Waals surface area contributed by atoms with Crippen LogP contribution in [-0.4, -0.2) is 26.0 Å². The molecule has 17 heavy (non-hydrogen) atoms. The number of carbonyl (C=O) groups excluding carboxylic acids is 1. The molecule has 0 radical (unpaired) electrons. The van der Waals surface area contributed by atoms with Crippen molar-refractivity contribution in [2.75, 3.05) is 0 Å². The fraction of sp³-hybridized carbons (Fsp3) is 0.273. The van der Waals surface area contributed by atoms with Gasteiger partial charge in [0.05, 0.1) is 0 Å². The van der Waals surface area contributed by atoms with Gasteiger partial charge in [-0.15, -0.1) is 10.2 Å². The van der Waals surface area contributed by atoms with Gasteiger partial charge in [-0.25, -0.2) is 0 Å². The minimum absolute atomic E-state index is 0.00921. The average Bonchev–Trinajstić information content (AvgIpc) is 2.78. The first-order valence-corrected chi connectivity index (χ1v) is 5.51. The Bertz CT molecular complexity index is 535. The van der Waals surface area contributed by atoms with Crippen molar-refractivity contribution in [2.45, 2.75) is 19.9 Å². The predicted octanol–water partition coefficient (Wildman–Crippen LogP) is 2.14. The normalized spacial score (nSPS) is 12.4. The number of tetrazole rings is 1. The van der Waals surface area contributed by atoms with Crippen molar-refractivity contribution in [1.29, 1.82) is 0 Å². The molecule has 2 aromatic rings. The van der Waals surface area contributed by atoms with Gasteiger partial charge in [0.1, 0.15) is 6.04 Å². The Morgan fingerprint density at radius 1 is 1.35 bits per heavy atom. The molecular formula is C11H11ClN4O. The maximum atomic E-state index is 11.2. The van der Waals surface area contributed by atoms with Crippen LogP contribution in [0, 0.1) is 0 Å². The Balaban J connectivity index is 2.29. The maximum absolute atomic E-state index is 11.2. The lowest BCUT2D eigenvalue weighted by molar-refractivity contribution is -0.120. The van der Waals surface area contributed by atoms with Gasteiger partial charge in [-0.1, -0.05) is 11.6 Å². The highest BCUT2D eigenvalue weighted by Gasteiger charge is 2.14. The molecule has 88 valence electrons. The summed E-state index contributed by atoms with van der Waals surface area (Å²) in [5.41, 5.74) is 0.816. The summed E-state index contributed by atoms with van der Waals surface area (Å²) in [6.45, 7) is 3.23. The summed E-state index contributed by atoms with van der Waals surface area (Å²) in [5, 5.41) is 12.6. The van der Waals surface area contributed by atoms with Gasteiger partial charge in [0.2, 0.25) is 5.82 Å². The molecule has 2 rings (SSSR count). The number of nitrogens with zero attached hydrogens (tertiary/aromatic N) is 4. The molecule has 0 spiro atoms. The molecule has 0 aliphatic heterocycles. The van der Waals surface area contributed by atoms with Crippen LogP contribution in [0.4, 0.5) is 0 Å². The van der Waals surface area contributed by atoms with Gasteiger partial charge >= 0.3 is 0 Å². The summed E-state index contributed by atoms with van der Waals surface area (Å²) in [6.07, 6.45) is 0. The highest BCUT2D eigenvalue weighted by atomic mass is 35.5. The summed E-state index contributed by atoms with van der Waals surface area (Å²) in [4.78, 5) is 12.5. The van der Waals surface area contributed by atoms with E-state index >= 15 is 0 Å². The summed E-state index contributed by atoms with van der Waals surface area (Å²) < 4.78 is 0. The van der Waals surface area contributed by atoms with Gasteiger partial charge in [-0.3, -0.25) is 4.79 Å². The Labute approximate surface area is 103 Å². The Morgan fingerprint density at radius 3 is 2.59 bits per heavy atom. The van der Waals surface area contributed by atoms with E-state index in [1.807, 2.05) is 12.1 Å². The number of ketones is 1. The van der Waals surface area contributed by atoms with Gasteiger partial charge in [0.25, 0.3) is 0 Å². The van der Waals surface area contributed by atoms with Gasteiger partial charge in [0, 0.05) is 10.6 Å². The van der Waals surface area contributed by atoms with E-state index in [1.165, 1.54) is 11.7 Å². The fourth-order valence-electron chi connectivity index (χ4n) is 1.27. The lowest BCUT2D eigenvalue weighted by Gasteiger charge is -2.03. The van der Waals surface area contributed by atoms with E-state index in [2.05, 4.69) is 15.4 Å². The molecule has 0 aliphatic rings. The molecule has 1 aromatic heterocycles. The van der Waals surface area contributed by atoms with Crippen molar-refractivity contribution in [1.82, 2.24) is 20.2 Å².